The molecular formula is C25H25N3O3. The van der Waals surface area contributed by atoms with Gasteiger partial charge in [-0.1, -0.05) is 48.5 Å². The smallest absolute Gasteiger partial charge is 0.310 e. The van der Waals surface area contributed by atoms with Gasteiger partial charge < -0.3 is 14.5 Å². The number of nitrogens with zero attached hydrogens (tertiary/aromatic N) is 2. The number of carbonyl (C=O) groups excluding carboxylic acids is 2. The fraction of sp³-hybridized carbons (Fsp3) is 0.240. The van der Waals surface area contributed by atoms with Crippen LogP contribution in [-0.4, -0.2) is 34.9 Å². The fourth-order valence-electron chi connectivity index (χ4n) is 3.81. The van der Waals surface area contributed by atoms with Crippen molar-refractivity contribution in [1.29, 1.82) is 0 Å². The van der Waals surface area contributed by atoms with E-state index < -0.39 is 5.92 Å². The molecular weight excluding hydrogens is 390 g/mol. The summed E-state index contributed by atoms with van der Waals surface area (Å²) in [5.41, 5.74) is 3.61. The molecule has 0 radical (unpaired) electrons. The Morgan fingerprint density at radius 3 is 2.68 bits per heavy atom. The van der Waals surface area contributed by atoms with Gasteiger partial charge in [0.15, 0.2) is 0 Å². The number of benzene rings is 2. The first-order chi connectivity index (χ1) is 15.0. The Bertz CT molecular complexity index is 1250. The number of methoxy groups -OCH3 is 1. The number of fused-ring (bicyclic) bond motifs is 2. The first-order valence-electron chi connectivity index (χ1n) is 10.3. The largest absolute Gasteiger partial charge is 0.469 e. The van der Waals surface area contributed by atoms with Crippen molar-refractivity contribution >= 4 is 28.3 Å². The van der Waals surface area contributed by atoms with Crippen LogP contribution in [0.25, 0.3) is 16.4 Å². The van der Waals surface area contributed by atoms with Crippen LogP contribution >= 0.6 is 0 Å². The number of nitrogens with one attached hydrogen (secondary N) is 1. The van der Waals surface area contributed by atoms with Crippen LogP contribution in [0.5, 0.6) is 0 Å². The molecule has 0 fully saturated rings. The first kappa shape index (κ1) is 20.6. The molecule has 2 heterocycles. The monoisotopic (exact) mass is 415 g/mol. The fourth-order valence-corrected chi connectivity index (χ4v) is 3.81. The summed E-state index contributed by atoms with van der Waals surface area (Å²) >= 11 is 0. The summed E-state index contributed by atoms with van der Waals surface area (Å²) in [4.78, 5) is 29.4. The molecule has 6 nitrogen and oxygen atoms in total. The lowest BCUT2D eigenvalue weighted by Gasteiger charge is -2.16. The van der Waals surface area contributed by atoms with Crippen molar-refractivity contribution in [2.75, 3.05) is 13.7 Å². The third-order valence-electron chi connectivity index (χ3n) is 5.45. The minimum absolute atomic E-state index is 0.158. The summed E-state index contributed by atoms with van der Waals surface area (Å²) < 4.78 is 6.88. The van der Waals surface area contributed by atoms with Crippen LogP contribution in [0.4, 0.5) is 0 Å². The summed E-state index contributed by atoms with van der Waals surface area (Å²) in [7, 11) is 1.37. The van der Waals surface area contributed by atoms with Crippen LogP contribution in [0.15, 0.2) is 67.0 Å². The van der Waals surface area contributed by atoms with Crippen molar-refractivity contribution in [3.05, 3.63) is 83.8 Å². The van der Waals surface area contributed by atoms with Crippen molar-refractivity contribution in [2.24, 2.45) is 5.92 Å². The van der Waals surface area contributed by atoms with Gasteiger partial charge in [0, 0.05) is 18.9 Å². The van der Waals surface area contributed by atoms with Gasteiger partial charge in [-0.25, -0.2) is 4.98 Å². The van der Waals surface area contributed by atoms with Gasteiger partial charge in [0.25, 0.3) is 0 Å². The first-order valence-corrected chi connectivity index (χ1v) is 10.3. The van der Waals surface area contributed by atoms with E-state index in [1.807, 2.05) is 66.2 Å². The van der Waals surface area contributed by atoms with E-state index in [9.17, 15) is 9.59 Å². The van der Waals surface area contributed by atoms with Crippen LogP contribution in [0.1, 0.15) is 16.8 Å². The third kappa shape index (κ3) is 4.74. The summed E-state index contributed by atoms with van der Waals surface area (Å²) in [6, 6.07) is 18.2. The molecule has 0 saturated carbocycles. The van der Waals surface area contributed by atoms with E-state index in [-0.39, 0.29) is 24.8 Å². The second-order valence-corrected chi connectivity index (χ2v) is 7.74. The molecule has 1 unspecified atom stereocenters. The SMILES string of the molecule is COC(=O)C(CNC(=O)Cc1cn2cccc(C)c2n1)Cc1ccc2ccccc2c1. The molecule has 2 aromatic carbocycles. The van der Waals surface area contributed by atoms with Gasteiger partial charge in [0.05, 0.1) is 25.1 Å². The number of aryl methyl sites for hydroxylation is 1. The van der Waals surface area contributed by atoms with E-state index in [0.717, 1.165) is 27.5 Å². The molecule has 2 aromatic heterocycles. The Morgan fingerprint density at radius 2 is 1.90 bits per heavy atom. The number of hydrogen-bond acceptors (Lipinski definition) is 4. The van der Waals surface area contributed by atoms with E-state index in [1.54, 1.807) is 0 Å². The normalized spacial score (nSPS) is 12.1. The minimum atomic E-state index is -0.460. The van der Waals surface area contributed by atoms with Gasteiger partial charge in [0.2, 0.25) is 5.91 Å². The second kappa shape index (κ2) is 9.00. The number of hydrogen-bond donors (Lipinski definition) is 1. The summed E-state index contributed by atoms with van der Waals surface area (Å²) in [6.07, 6.45) is 4.42. The van der Waals surface area contributed by atoms with Gasteiger partial charge in [0.1, 0.15) is 5.65 Å². The Labute approximate surface area is 180 Å². The number of ether oxygens (including phenoxy) is 1. The predicted octanol–water partition coefficient (Wildman–Crippen LogP) is 3.49. The third-order valence-corrected chi connectivity index (χ3v) is 5.45. The highest BCUT2D eigenvalue weighted by Gasteiger charge is 2.21. The number of aromatic nitrogens is 2. The van der Waals surface area contributed by atoms with Crippen molar-refractivity contribution in [3.8, 4) is 0 Å². The van der Waals surface area contributed by atoms with Gasteiger partial charge in [-0.3, -0.25) is 9.59 Å². The standard InChI is InChI=1S/C25H25N3O3/c1-17-6-5-11-28-16-22(27-24(17)28)14-23(29)26-15-21(25(30)31-2)13-18-9-10-19-7-3-4-8-20(19)12-18/h3-12,16,21H,13-15H2,1-2H3,(H,26,29). The molecule has 0 saturated heterocycles. The Hall–Kier alpha value is -3.67. The average Bonchev–Trinajstić information content (AvgIpc) is 3.19. The molecule has 4 rings (SSSR count). The number of esters is 1. The zero-order valence-electron chi connectivity index (χ0n) is 17.7. The zero-order valence-corrected chi connectivity index (χ0v) is 17.7. The average molecular weight is 415 g/mol. The number of rotatable bonds is 7. The molecule has 0 aliphatic heterocycles. The topological polar surface area (TPSA) is 72.7 Å². The van der Waals surface area contributed by atoms with Crippen LogP contribution in [0.2, 0.25) is 0 Å². The quantitative estimate of drug-likeness (QED) is 0.469. The molecule has 0 aliphatic rings. The number of carbonyl (C=O) groups is 2. The summed E-state index contributed by atoms with van der Waals surface area (Å²) in [6.45, 7) is 2.20. The molecule has 158 valence electrons. The lowest BCUT2D eigenvalue weighted by molar-refractivity contribution is -0.145. The molecule has 1 amide bonds. The Balaban J connectivity index is 1.41. The van der Waals surface area contributed by atoms with E-state index >= 15 is 0 Å². The summed E-state index contributed by atoms with van der Waals surface area (Å²) in [5.74, 6) is -0.969. The molecule has 0 aliphatic carbocycles. The van der Waals surface area contributed by atoms with Crippen molar-refractivity contribution in [1.82, 2.24) is 14.7 Å². The van der Waals surface area contributed by atoms with Gasteiger partial charge >= 0.3 is 5.97 Å². The summed E-state index contributed by atoms with van der Waals surface area (Å²) in [5, 5.41) is 5.14. The minimum Gasteiger partial charge on any atom is -0.469 e. The lowest BCUT2D eigenvalue weighted by atomic mass is 9.97. The molecule has 0 bridgehead atoms. The van der Waals surface area contributed by atoms with E-state index in [4.69, 9.17) is 4.74 Å². The van der Waals surface area contributed by atoms with Crippen LogP contribution in [-0.2, 0) is 27.2 Å². The highest BCUT2D eigenvalue weighted by atomic mass is 16.5. The van der Waals surface area contributed by atoms with Crippen molar-refractivity contribution < 1.29 is 14.3 Å². The van der Waals surface area contributed by atoms with Crippen LogP contribution in [0.3, 0.4) is 0 Å². The Kier molecular flexibility index (Phi) is 5.98. The van der Waals surface area contributed by atoms with Crippen molar-refractivity contribution in [3.63, 3.8) is 0 Å². The highest BCUT2D eigenvalue weighted by molar-refractivity contribution is 5.83. The molecule has 4 aromatic rings. The maximum atomic E-state index is 12.5. The molecule has 31 heavy (non-hydrogen) atoms. The van der Waals surface area contributed by atoms with Gasteiger partial charge in [-0.15, -0.1) is 0 Å². The van der Waals surface area contributed by atoms with Gasteiger partial charge in [-0.2, -0.15) is 0 Å². The predicted molar refractivity (Wildman–Crippen MR) is 120 cm³/mol. The molecule has 1 N–H and O–H groups in total. The number of pyridine rings is 1. The van der Waals surface area contributed by atoms with Crippen molar-refractivity contribution in [2.45, 2.75) is 19.8 Å². The van der Waals surface area contributed by atoms with Crippen LogP contribution in [0, 0.1) is 12.8 Å². The molecule has 1 atom stereocenters. The highest BCUT2D eigenvalue weighted by Crippen LogP contribution is 2.18. The Morgan fingerprint density at radius 1 is 1.10 bits per heavy atom. The van der Waals surface area contributed by atoms with E-state index in [0.29, 0.717) is 12.1 Å². The maximum absolute atomic E-state index is 12.5. The number of imidazole rings is 1. The lowest BCUT2D eigenvalue weighted by Crippen LogP contribution is -2.35. The number of amides is 1. The molecule has 0 spiro atoms. The van der Waals surface area contributed by atoms with Crippen LogP contribution < -0.4 is 5.32 Å². The molecule has 6 heteroatoms. The van der Waals surface area contributed by atoms with Gasteiger partial charge in [-0.05, 0) is 41.3 Å². The van der Waals surface area contributed by atoms with E-state index in [1.165, 1.54) is 7.11 Å². The maximum Gasteiger partial charge on any atom is 0.310 e. The second-order valence-electron chi connectivity index (χ2n) is 7.74. The van der Waals surface area contributed by atoms with E-state index in [2.05, 4.69) is 22.4 Å². The zero-order chi connectivity index (χ0) is 21.8.